The zero-order valence-electron chi connectivity index (χ0n) is 19.3. The Kier molecular flexibility index (Phi) is 5.43. The molecule has 0 radical (unpaired) electrons. The van der Waals surface area contributed by atoms with E-state index in [0.29, 0.717) is 5.41 Å². The molecule has 2 fully saturated rings. The van der Waals surface area contributed by atoms with Gasteiger partial charge in [0.2, 0.25) is 0 Å². The average molecular weight is 398 g/mol. The predicted octanol–water partition coefficient (Wildman–Crippen LogP) is 5.71. The molecule has 0 amide bonds. The van der Waals surface area contributed by atoms with Gasteiger partial charge in [0.05, 0.1) is 5.69 Å². The van der Waals surface area contributed by atoms with Gasteiger partial charge in [-0.15, -0.1) is 0 Å². The fourth-order valence-corrected chi connectivity index (χ4v) is 5.23. The van der Waals surface area contributed by atoms with Crippen molar-refractivity contribution < 1.29 is 4.52 Å². The second-order valence-corrected chi connectivity index (χ2v) is 11.5. The highest BCUT2D eigenvalue weighted by atomic mass is 16.5. The molecule has 4 rings (SSSR count). The summed E-state index contributed by atoms with van der Waals surface area (Å²) in [6.07, 6.45) is 4.01. The molecule has 1 aromatic carbocycles. The third kappa shape index (κ3) is 4.47. The van der Waals surface area contributed by atoms with Crippen molar-refractivity contribution in [3.63, 3.8) is 0 Å². The zero-order chi connectivity index (χ0) is 20.8. The number of likely N-dealkylation sites (tertiary alicyclic amines) is 1. The molecule has 160 valence electrons. The quantitative estimate of drug-likeness (QED) is 0.664. The van der Waals surface area contributed by atoms with Gasteiger partial charge in [0.1, 0.15) is 0 Å². The van der Waals surface area contributed by atoms with Crippen LogP contribution in [0.15, 0.2) is 22.7 Å². The molecule has 2 aliphatic heterocycles. The summed E-state index contributed by atoms with van der Waals surface area (Å²) in [4.78, 5) is 5.25. The Balaban J connectivity index is 1.35. The van der Waals surface area contributed by atoms with Crippen molar-refractivity contribution >= 4 is 16.7 Å². The van der Waals surface area contributed by atoms with Crippen molar-refractivity contribution in [1.29, 1.82) is 0 Å². The van der Waals surface area contributed by atoms with E-state index in [1.165, 1.54) is 44.6 Å². The smallest absolute Gasteiger partial charge is 0.169 e. The van der Waals surface area contributed by atoms with Crippen LogP contribution >= 0.6 is 0 Å². The van der Waals surface area contributed by atoms with E-state index < -0.39 is 0 Å². The Morgan fingerprint density at radius 1 is 1.00 bits per heavy atom. The molecule has 0 saturated carbocycles. The topological polar surface area (TPSA) is 32.5 Å². The molecule has 1 aromatic heterocycles. The van der Waals surface area contributed by atoms with Gasteiger partial charge in [0.25, 0.3) is 0 Å². The first-order chi connectivity index (χ1) is 13.6. The van der Waals surface area contributed by atoms with Gasteiger partial charge >= 0.3 is 0 Å². The molecule has 2 aliphatic rings. The van der Waals surface area contributed by atoms with Gasteiger partial charge in [-0.05, 0) is 61.7 Å². The van der Waals surface area contributed by atoms with E-state index in [4.69, 9.17) is 4.52 Å². The van der Waals surface area contributed by atoms with Crippen LogP contribution in [0.2, 0.25) is 0 Å². The number of aromatic nitrogens is 1. The summed E-state index contributed by atoms with van der Waals surface area (Å²) in [5.41, 5.74) is 3.72. The molecule has 4 nitrogen and oxygen atoms in total. The van der Waals surface area contributed by atoms with E-state index in [2.05, 4.69) is 74.7 Å². The molecule has 29 heavy (non-hydrogen) atoms. The van der Waals surface area contributed by atoms with Gasteiger partial charge in [-0.3, -0.25) is 0 Å². The van der Waals surface area contributed by atoms with E-state index in [1.807, 2.05) is 0 Å². The minimum Gasteiger partial charge on any atom is -0.371 e. The summed E-state index contributed by atoms with van der Waals surface area (Å²) in [6, 6.07) is 6.65. The van der Waals surface area contributed by atoms with Crippen LogP contribution in [0.25, 0.3) is 11.0 Å². The summed E-state index contributed by atoms with van der Waals surface area (Å²) in [5, 5.41) is 5.50. The summed E-state index contributed by atoms with van der Waals surface area (Å²) in [7, 11) is 0. The van der Waals surface area contributed by atoms with Gasteiger partial charge in [0.15, 0.2) is 5.58 Å². The van der Waals surface area contributed by atoms with E-state index in [0.717, 1.165) is 41.6 Å². The molecule has 3 heterocycles. The summed E-state index contributed by atoms with van der Waals surface area (Å²) >= 11 is 0. The highest BCUT2D eigenvalue weighted by Gasteiger charge is 2.31. The molecule has 2 saturated heterocycles. The minimum atomic E-state index is 0.00590. The molecule has 0 N–H and O–H groups in total. The normalized spacial score (nSPS) is 22.7. The number of rotatable bonds is 3. The number of anilines is 1. The van der Waals surface area contributed by atoms with Crippen molar-refractivity contribution in [2.45, 2.75) is 66.2 Å². The van der Waals surface area contributed by atoms with Crippen molar-refractivity contribution in [3.8, 4) is 0 Å². The second kappa shape index (κ2) is 7.61. The van der Waals surface area contributed by atoms with Crippen LogP contribution in [-0.4, -0.2) is 42.8 Å². The van der Waals surface area contributed by atoms with Crippen molar-refractivity contribution in [2.24, 2.45) is 17.3 Å². The van der Waals surface area contributed by atoms with Crippen LogP contribution in [0.3, 0.4) is 0 Å². The van der Waals surface area contributed by atoms with Gasteiger partial charge in [0, 0.05) is 42.2 Å². The summed E-state index contributed by atoms with van der Waals surface area (Å²) in [5.74, 6) is 1.65. The molecule has 0 aliphatic carbocycles. The lowest BCUT2D eigenvalue weighted by atomic mass is 9.75. The number of fused-ring (bicyclic) bond motifs is 1. The Hall–Kier alpha value is -1.55. The average Bonchev–Trinajstić information content (AvgIpc) is 3.27. The van der Waals surface area contributed by atoms with Crippen LogP contribution in [-0.2, 0) is 5.41 Å². The fraction of sp³-hybridized carbons (Fsp3) is 0.720. The molecule has 4 heteroatoms. The number of benzene rings is 1. The molecule has 1 unspecified atom stereocenters. The van der Waals surface area contributed by atoms with E-state index >= 15 is 0 Å². The number of piperidine rings is 1. The van der Waals surface area contributed by atoms with Crippen LogP contribution in [0.1, 0.15) is 66.5 Å². The second-order valence-electron chi connectivity index (χ2n) is 11.5. The molecule has 1 atom stereocenters. The maximum Gasteiger partial charge on any atom is 0.169 e. The summed E-state index contributed by atoms with van der Waals surface area (Å²) in [6.45, 7) is 19.9. The van der Waals surface area contributed by atoms with Crippen molar-refractivity contribution in [3.05, 3.63) is 23.9 Å². The van der Waals surface area contributed by atoms with Gasteiger partial charge < -0.3 is 14.3 Å². The minimum absolute atomic E-state index is 0.00590. The Labute approximate surface area is 176 Å². The highest BCUT2D eigenvalue weighted by Crippen LogP contribution is 2.36. The molecular formula is C25H39N3O. The lowest BCUT2D eigenvalue weighted by molar-refractivity contribution is 0.103. The first-order valence-corrected chi connectivity index (χ1v) is 11.5. The highest BCUT2D eigenvalue weighted by molar-refractivity contribution is 5.84. The maximum absolute atomic E-state index is 5.68. The van der Waals surface area contributed by atoms with E-state index in [1.54, 1.807) is 0 Å². The van der Waals surface area contributed by atoms with Gasteiger partial charge in [-0.25, -0.2) is 0 Å². The van der Waals surface area contributed by atoms with Crippen LogP contribution < -0.4 is 4.90 Å². The Morgan fingerprint density at radius 3 is 2.38 bits per heavy atom. The lowest BCUT2D eigenvalue weighted by Crippen LogP contribution is -2.40. The van der Waals surface area contributed by atoms with Crippen LogP contribution in [0.4, 0.5) is 5.69 Å². The Bertz CT molecular complexity index is 834. The molecule has 0 bridgehead atoms. The largest absolute Gasteiger partial charge is 0.371 e. The van der Waals surface area contributed by atoms with Gasteiger partial charge in [-0.1, -0.05) is 46.7 Å². The number of nitrogens with zero attached hydrogens (tertiary/aromatic N) is 3. The molecule has 0 spiro atoms. The Morgan fingerprint density at radius 2 is 1.72 bits per heavy atom. The summed E-state index contributed by atoms with van der Waals surface area (Å²) < 4.78 is 5.68. The standard InChI is InChI=1S/C25H39N3O/c1-24(2,3)19-10-12-27(13-11-19)16-18-9-14-28(17-18)20-7-8-21-22(15-20)29-26-23(21)25(4,5)6/h7-8,15,18-19H,9-14,16-17H2,1-6H3. The SMILES string of the molecule is CC(C)(C)c1noc2cc(N3CCC(CN4CCC(C(C)(C)C)CC4)C3)ccc12. The van der Waals surface area contributed by atoms with E-state index in [9.17, 15) is 0 Å². The lowest BCUT2D eigenvalue weighted by Gasteiger charge is -2.39. The first-order valence-electron chi connectivity index (χ1n) is 11.5. The third-order valence-electron chi connectivity index (χ3n) is 7.15. The first kappa shape index (κ1) is 20.7. The monoisotopic (exact) mass is 397 g/mol. The van der Waals surface area contributed by atoms with Crippen molar-refractivity contribution in [1.82, 2.24) is 10.1 Å². The van der Waals surface area contributed by atoms with Crippen molar-refractivity contribution in [2.75, 3.05) is 37.6 Å². The van der Waals surface area contributed by atoms with E-state index in [-0.39, 0.29) is 5.41 Å². The molecular weight excluding hydrogens is 358 g/mol. The van der Waals surface area contributed by atoms with Crippen LogP contribution in [0.5, 0.6) is 0 Å². The van der Waals surface area contributed by atoms with Crippen LogP contribution in [0, 0.1) is 17.3 Å². The van der Waals surface area contributed by atoms with Gasteiger partial charge in [-0.2, -0.15) is 0 Å². The zero-order valence-corrected chi connectivity index (χ0v) is 19.3. The number of hydrogen-bond acceptors (Lipinski definition) is 4. The fourth-order valence-electron chi connectivity index (χ4n) is 5.23. The molecule has 2 aromatic rings. The predicted molar refractivity (Wildman–Crippen MR) is 122 cm³/mol. The number of hydrogen-bond donors (Lipinski definition) is 0. The third-order valence-corrected chi connectivity index (χ3v) is 7.15. The maximum atomic E-state index is 5.68.